The summed E-state index contributed by atoms with van der Waals surface area (Å²) in [6.07, 6.45) is -0.304. The fourth-order valence-electron chi connectivity index (χ4n) is 0.568. The lowest BCUT2D eigenvalue weighted by Crippen LogP contribution is -2.25. The average molecular weight is 190 g/mol. The Balaban J connectivity index is 3.46. The first kappa shape index (κ1) is 12.9. The lowest BCUT2D eigenvalue weighted by Gasteiger charge is -2.21. The topological polar surface area (TPSA) is 27.7 Å². The molecule has 0 spiro atoms. The zero-order valence-electron chi connectivity index (χ0n) is 9.59. The molecule has 0 fully saturated rings. The van der Waals surface area contributed by atoms with Crippen molar-refractivity contribution in [3.05, 3.63) is 0 Å². The molecule has 0 unspecified atom stereocenters. The molecule has 0 saturated heterocycles. The normalized spacial score (nSPS) is 15.0. The van der Waals surface area contributed by atoms with Crippen LogP contribution in [-0.2, 0) is 14.5 Å². The highest BCUT2D eigenvalue weighted by Gasteiger charge is 2.14. The highest BCUT2D eigenvalue weighted by Crippen LogP contribution is 2.09. The van der Waals surface area contributed by atoms with E-state index in [4.69, 9.17) is 14.5 Å². The Labute approximate surface area is 81.3 Å². The summed E-state index contributed by atoms with van der Waals surface area (Å²) in [6.45, 7) is 12.5. The Kier molecular flexibility index (Phi) is 5.53. The van der Waals surface area contributed by atoms with E-state index < -0.39 is 0 Å². The zero-order valence-corrected chi connectivity index (χ0v) is 9.59. The van der Waals surface area contributed by atoms with Gasteiger partial charge in [0.2, 0.25) is 0 Å². The maximum atomic E-state index is 5.35. The third-order valence-corrected chi connectivity index (χ3v) is 1.10. The van der Waals surface area contributed by atoms with Gasteiger partial charge < -0.3 is 4.74 Å². The van der Waals surface area contributed by atoms with E-state index in [9.17, 15) is 0 Å². The monoisotopic (exact) mass is 190 g/mol. The molecule has 0 aromatic rings. The van der Waals surface area contributed by atoms with Crippen LogP contribution in [-0.4, -0.2) is 18.5 Å². The Morgan fingerprint density at radius 3 is 2.00 bits per heavy atom. The fraction of sp³-hybridized carbons (Fsp3) is 1.00. The molecule has 3 nitrogen and oxygen atoms in total. The van der Waals surface area contributed by atoms with Crippen LogP contribution in [0.15, 0.2) is 0 Å². The second kappa shape index (κ2) is 5.58. The molecule has 0 radical (unpaired) electrons. The average Bonchev–Trinajstić information content (AvgIpc) is 1.95. The van der Waals surface area contributed by atoms with Gasteiger partial charge in [-0.15, -0.1) is 0 Å². The minimum atomic E-state index is -0.304. The van der Waals surface area contributed by atoms with E-state index >= 15 is 0 Å². The summed E-state index contributed by atoms with van der Waals surface area (Å²) in [4.78, 5) is 10.1. The molecule has 0 aromatic heterocycles. The van der Waals surface area contributed by atoms with Gasteiger partial charge in [0.1, 0.15) is 0 Å². The summed E-state index contributed by atoms with van der Waals surface area (Å²) in [5.41, 5.74) is -0.282. The molecule has 0 aromatic carbocycles. The first-order valence-electron chi connectivity index (χ1n) is 4.77. The molecular weight excluding hydrogens is 168 g/mol. The van der Waals surface area contributed by atoms with Crippen molar-refractivity contribution in [2.24, 2.45) is 5.92 Å². The van der Waals surface area contributed by atoms with E-state index in [2.05, 4.69) is 13.8 Å². The standard InChI is InChI=1S/C10H22O3/c1-8(2)7-11-9(3)12-13-10(4,5)6/h8-9H,7H2,1-6H3/t9-/m0/s1. The van der Waals surface area contributed by atoms with Crippen molar-refractivity contribution < 1.29 is 14.5 Å². The fourth-order valence-corrected chi connectivity index (χ4v) is 0.568. The minimum absolute atomic E-state index is 0.282. The first-order chi connectivity index (χ1) is 5.81. The van der Waals surface area contributed by atoms with Crippen LogP contribution >= 0.6 is 0 Å². The van der Waals surface area contributed by atoms with E-state index in [1.807, 2.05) is 27.7 Å². The third-order valence-electron chi connectivity index (χ3n) is 1.10. The van der Waals surface area contributed by atoms with Crippen molar-refractivity contribution in [3.63, 3.8) is 0 Å². The van der Waals surface area contributed by atoms with Crippen LogP contribution in [0.5, 0.6) is 0 Å². The van der Waals surface area contributed by atoms with E-state index in [1.54, 1.807) is 0 Å². The van der Waals surface area contributed by atoms with Gasteiger partial charge in [0.05, 0.1) is 12.2 Å². The Morgan fingerprint density at radius 1 is 1.08 bits per heavy atom. The Bertz CT molecular complexity index is 127. The quantitative estimate of drug-likeness (QED) is 0.379. The molecule has 0 saturated carbocycles. The number of hydrogen-bond donors (Lipinski definition) is 0. The molecule has 0 rings (SSSR count). The molecule has 80 valence electrons. The van der Waals surface area contributed by atoms with Crippen LogP contribution in [0, 0.1) is 5.92 Å². The molecule has 3 heteroatoms. The summed E-state index contributed by atoms with van der Waals surface area (Å²) < 4.78 is 5.35. The third kappa shape index (κ3) is 9.80. The summed E-state index contributed by atoms with van der Waals surface area (Å²) >= 11 is 0. The van der Waals surface area contributed by atoms with E-state index in [0.29, 0.717) is 12.5 Å². The first-order valence-corrected chi connectivity index (χ1v) is 4.77. The maximum absolute atomic E-state index is 5.35. The van der Waals surface area contributed by atoms with Crippen LogP contribution in [0.25, 0.3) is 0 Å². The smallest absolute Gasteiger partial charge is 0.188 e. The van der Waals surface area contributed by atoms with Crippen molar-refractivity contribution in [2.45, 2.75) is 53.4 Å². The van der Waals surface area contributed by atoms with E-state index in [1.165, 1.54) is 0 Å². The summed E-state index contributed by atoms with van der Waals surface area (Å²) in [5, 5.41) is 0. The van der Waals surface area contributed by atoms with Gasteiger partial charge >= 0.3 is 0 Å². The second-order valence-corrected chi connectivity index (χ2v) is 4.59. The van der Waals surface area contributed by atoms with Crippen molar-refractivity contribution >= 4 is 0 Å². The van der Waals surface area contributed by atoms with Crippen LogP contribution < -0.4 is 0 Å². The predicted molar refractivity (Wildman–Crippen MR) is 52.2 cm³/mol. The Hall–Kier alpha value is -0.120. The molecule has 0 heterocycles. The van der Waals surface area contributed by atoms with Gasteiger partial charge in [0.15, 0.2) is 6.29 Å². The lowest BCUT2D eigenvalue weighted by atomic mass is 10.2. The largest absolute Gasteiger partial charge is 0.350 e. The van der Waals surface area contributed by atoms with Gasteiger partial charge in [-0.3, -0.25) is 0 Å². The molecule has 1 atom stereocenters. The Morgan fingerprint density at radius 2 is 1.62 bits per heavy atom. The maximum Gasteiger partial charge on any atom is 0.188 e. The van der Waals surface area contributed by atoms with E-state index in [-0.39, 0.29) is 11.9 Å². The number of hydrogen-bond acceptors (Lipinski definition) is 3. The summed E-state index contributed by atoms with van der Waals surface area (Å²) in [7, 11) is 0. The molecule has 0 bridgehead atoms. The lowest BCUT2D eigenvalue weighted by molar-refractivity contribution is -0.412. The molecule has 13 heavy (non-hydrogen) atoms. The molecule has 0 N–H and O–H groups in total. The number of ether oxygens (including phenoxy) is 1. The molecule has 0 amide bonds. The highest BCUT2D eigenvalue weighted by molar-refractivity contribution is 4.54. The zero-order chi connectivity index (χ0) is 10.5. The van der Waals surface area contributed by atoms with Gasteiger partial charge in [-0.1, -0.05) is 13.8 Å². The van der Waals surface area contributed by atoms with Gasteiger partial charge in [-0.25, -0.2) is 9.78 Å². The second-order valence-electron chi connectivity index (χ2n) is 4.59. The summed E-state index contributed by atoms with van der Waals surface area (Å²) in [5.74, 6) is 0.515. The highest BCUT2D eigenvalue weighted by atomic mass is 17.2. The van der Waals surface area contributed by atoms with Crippen LogP contribution in [0.1, 0.15) is 41.5 Å². The molecule has 0 aliphatic carbocycles. The molecule has 0 aliphatic rings. The van der Waals surface area contributed by atoms with Crippen molar-refractivity contribution in [1.29, 1.82) is 0 Å². The van der Waals surface area contributed by atoms with Crippen LogP contribution in [0.4, 0.5) is 0 Å². The van der Waals surface area contributed by atoms with Crippen molar-refractivity contribution in [3.8, 4) is 0 Å². The van der Waals surface area contributed by atoms with Gasteiger partial charge in [0.25, 0.3) is 0 Å². The number of rotatable bonds is 5. The SMILES string of the molecule is CC(C)CO[C@H](C)OOC(C)(C)C. The van der Waals surface area contributed by atoms with Crippen LogP contribution in [0.2, 0.25) is 0 Å². The van der Waals surface area contributed by atoms with Crippen molar-refractivity contribution in [2.75, 3.05) is 6.61 Å². The minimum Gasteiger partial charge on any atom is -0.350 e. The van der Waals surface area contributed by atoms with Gasteiger partial charge in [-0.2, -0.15) is 0 Å². The van der Waals surface area contributed by atoms with Gasteiger partial charge in [0, 0.05) is 0 Å². The predicted octanol–water partition coefficient (Wildman–Crippen LogP) is 2.75. The van der Waals surface area contributed by atoms with E-state index in [0.717, 1.165) is 0 Å². The summed E-state index contributed by atoms with van der Waals surface area (Å²) in [6, 6.07) is 0. The van der Waals surface area contributed by atoms with Crippen LogP contribution in [0.3, 0.4) is 0 Å². The molecule has 0 aliphatic heterocycles. The molecular formula is C10H22O3. The van der Waals surface area contributed by atoms with Crippen molar-refractivity contribution in [1.82, 2.24) is 0 Å². The van der Waals surface area contributed by atoms with Gasteiger partial charge in [-0.05, 0) is 33.6 Å².